The average molecular weight is 512 g/mol. The van der Waals surface area contributed by atoms with Crippen molar-refractivity contribution in [2.24, 2.45) is 5.73 Å². The molecule has 10 heteroatoms. The summed E-state index contributed by atoms with van der Waals surface area (Å²) in [6.07, 6.45) is 2.92. The third-order valence-electron chi connectivity index (χ3n) is 6.39. The van der Waals surface area contributed by atoms with E-state index in [1.807, 2.05) is 31.2 Å². The molecule has 0 saturated heterocycles. The summed E-state index contributed by atoms with van der Waals surface area (Å²) in [6.45, 7) is 7.58. The van der Waals surface area contributed by atoms with Crippen LogP contribution in [-0.2, 0) is 27.3 Å². The number of hydrogen-bond acceptors (Lipinski definition) is 6. The second kappa shape index (κ2) is 11.6. The molecular weight excluding hydrogens is 474 g/mol. The van der Waals surface area contributed by atoms with Crippen LogP contribution in [0.1, 0.15) is 65.4 Å². The Morgan fingerprint density at radius 3 is 2.30 bits per heavy atom. The molecule has 1 aromatic heterocycles. The molecule has 10 nitrogen and oxygen atoms in total. The molecule has 0 radical (unpaired) electrons. The lowest BCUT2D eigenvalue weighted by Crippen LogP contribution is -2.63. The monoisotopic (exact) mass is 511 g/mol. The molecule has 1 heterocycles. The molecule has 0 spiro atoms. The van der Waals surface area contributed by atoms with Gasteiger partial charge >= 0.3 is 6.09 Å². The molecule has 200 valence electrons. The van der Waals surface area contributed by atoms with E-state index in [0.717, 1.165) is 30.4 Å². The zero-order valence-electron chi connectivity index (χ0n) is 22.0. The molecule has 3 rings (SSSR count). The standard InChI is InChI=1S/C27H37N5O5/c1-5-32-22(33)14-13-20(31-32)19-11-9-18(10-12-19)17-21(23(28)34)29-24(35)27(15-7-6-8-16-27)30-25(36)37-26(2,3)4/h9-14,21H,5-8,15-17H2,1-4H3,(H2,28,34)(H,29,35)(H,30,36)/t21-/m0/s1. The minimum absolute atomic E-state index is 0.167. The summed E-state index contributed by atoms with van der Waals surface area (Å²) in [6, 6.07) is 9.52. The van der Waals surface area contributed by atoms with Gasteiger partial charge in [0.1, 0.15) is 17.2 Å². The quantitative estimate of drug-likeness (QED) is 0.497. The number of primary amides is 1. The van der Waals surface area contributed by atoms with Gasteiger partial charge in [-0.25, -0.2) is 9.48 Å². The highest BCUT2D eigenvalue weighted by Crippen LogP contribution is 2.29. The van der Waals surface area contributed by atoms with Gasteiger partial charge in [0.25, 0.3) is 5.56 Å². The second-order valence-corrected chi connectivity index (χ2v) is 10.5. The summed E-state index contributed by atoms with van der Waals surface area (Å²) in [5.74, 6) is -1.11. The number of nitrogens with zero attached hydrogens (tertiary/aromatic N) is 2. The first-order valence-electron chi connectivity index (χ1n) is 12.7. The van der Waals surface area contributed by atoms with Gasteiger partial charge in [-0.3, -0.25) is 14.4 Å². The first-order valence-corrected chi connectivity index (χ1v) is 12.7. The minimum Gasteiger partial charge on any atom is -0.444 e. The van der Waals surface area contributed by atoms with Crippen LogP contribution in [0.5, 0.6) is 0 Å². The van der Waals surface area contributed by atoms with Crippen molar-refractivity contribution in [1.29, 1.82) is 0 Å². The Labute approximate surface area is 217 Å². The van der Waals surface area contributed by atoms with Gasteiger partial charge < -0.3 is 21.1 Å². The summed E-state index contributed by atoms with van der Waals surface area (Å²) in [4.78, 5) is 50.0. The van der Waals surface area contributed by atoms with Gasteiger partial charge in [0.05, 0.1) is 5.69 Å². The Morgan fingerprint density at radius 1 is 1.08 bits per heavy atom. The smallest absolute Gasteiger partial charge is 0.408 e. The van der Waals surface area contributed by atoms with Gasteiger partial charge in [0, 0.05) is 24.6 Å². The highest BCUT2D eigenvalue weighted by Gasteiger charge is 2.43. The molecule has 0 aliphatic heterocycles. The van der Waals surface area contributed by atoms with E-state index >= 15 is 0 Å². The fourth-order valence-electron chi connectivity index (χ4n) is 4.46. The van der Waals surface area contributed by atoms with Crippen LogP contribution in [0.2, 0.25) is 0 Å². The molecule has 3 amide bonds. The Balaban J connectivity index is 1.74. The van der Waals surface area contributed by atoms with Crippen molar-refractivity contribution >= 4 is 17.9 Å². The average Bonchev–Trinajstić information content (AvgIpc) is 2.83. The zero-order valence-corrected chi connectivity index (χ0v) is 22.0. The van der Waals surface area contributed by atoms with E-state index in [0.29, 0.717) is 25.1 Å². The summed E-state index contributed by atoms with van der Waals surface area (Å²) in [5, 5.41) is 9.91. The van der Waals surface area contributed by atoms with Crippen molar-refractivity contribution < 1.29 is 19.1 Å². The number of aromatic nitrogens is 2. The lowest BCUT2D eigenvalue weighted by atomic mass is 9.80. The molecule has 0 unspecified atom stereocenters. The van der Waals surface area contributed by atoms with Crippen LogP contribution in [0.3, 0.4) is 0 Å². The second-order valence-electron chi connectivity index (χ2n) is 10.5. The number of carbonyl (C=O) groups is 3. The van der Waals surface area contributed by atoms with Crippen molar-refractivity contribution in [2.45, 2.75) is 89.9 Å². The van der Waals surface area contributed by atoms with Gasteiger partial charge in [0.2, 0.25) is 11.8 Å². The van der Waals surface area contributed by atoms with Crippen molar-refractivity contribution in [3.05, 3.63) is 52.3 Å². The maximum Gasteiger partial charge on any atom is 0.408 e. The number of aryl methyl sites for hydroxylation is 1. The van der Waals surface area contributed by atoms with Gasteiger partial charge in [-0.2, -0.15) is 5.10 Å². The summed E-state index contributed by atoms with van der Waals surface area (Å²) >= 11 is 0. The molecule has 1 saturated carbocycles. The molecule has 4 N–H and O–H groups in total. The van der Waals surface area contributed by atoms with E-state index in [1.165, 1.54) is 10.7 Å². The summed E-state index contributed by atoms with van der Waals surface area (Å²) in [5.41, 5.74) is 5.87. The maximum absolute atomic E-state index is 13.4. The predicted octanol–water partition coefficient (Wildman–Crippen LogP) is 2.67. The SMILES string of the molecule is CCn1nc(-c2ccc(C[C@H](NC(=O)C3(NC(=O)OC(C)(C)C)CCCCC3)C(N)=O)cc2)ccc1=O. The highest BCUT2D eigenvalue weighted by atomic mass is 16.6. The third-order valence-corrected chi connectivity index (χ3v) is 6.39. The van der Waals surface area contributed by atoms with E-state index in [9.17, 15) is 19.2 Å². The summed E-state index contributed by atoms with van der Waals surface area (Å²) in [7, 11) is 0. The normalized spacial score (nSPS) is 15.9. The number of rotatable bonds is 8. The van der Waals surface area contributed by atoms with Gasteiger partial charge in [-0.1, -0.05) is 43.5 Å². The molecule has 1 aliphatic carbocycles. The number of ether oxygens (including phenoxy) is 1. The largest absolute Gasteiger partial charge is 0.444 e. The minimum atomic E-state index is -1.16. The van der Waals surface area contributed by atoms with Crippen LogP contribution in [0.25, 0.3) is 11.3 Å². The fourth-order valence-corrected chi connectivity index (χ4v) is 4.46. The lowest BCUT2D eigenvalue weighted by Gasteiger charge is -2.37. The Bertz CT molecular complexity index is 1180. The molecule has 0 bridgehead atoms. The van der Waals surface area contributed by atoms with Gasteiger partial charge in [-0.15, -0.1) is 0 Å². The molecule has 2 aromatic rings. The number of nitrogens with one attached hydrogen (secondary N) is 2. The molecule has 1 aliphatic rings. The molecule has 1 aromatic carbocycles. The Hall–Kier alpha value is -3.69. The lowest BCUT2D eigenvalue weighted by molar-refractivity contribution is -0.133. The predicted molar refractivity (Wildman–Crippen MR) is 140 cm³/mol. The van der Waals surface area contributed by atoms with E-state index in [-0.39, 0.29) is 12.0 Å². The van der Waals surface area contributed by atoms with Crippen molar-refractivity contribution in [2.75, 3.05) is 0 Å². The maximum atomic E-state index is 13.4. The van der Waals surface area contributed by atoms with E-state index in [2.05, 4.69) is 15.7 Å². The van der Waals surface area contributed by atoms with E-state index in [4.69, 9.17) is 10.5 Å². The van der Waals surface area contributed by atoms with Crippen molar-refractivity contribution in [3.63, 3.8) is 0 Å². The molecular formula is C27H37N5O5. The Kier molecular flexibility index (Phi) is 8.73. The summed E-state index contributed by atoms with van der Waals surface area (Å²) < 4.78 is 6.77. The number of amides is 3. The molecule has 1 fully saturated rings. The van der Waals surface area contributed by atoms with Crippen molar-refractivity contribution in [3.8, 4) is 11.3 Å². The van der Waals surface area contributed by atoms with Gasteiger partial charge in [0.15, 0.2) is 0 Å². The first-order chi connectivity index (χ1) is 17.4. The highest BCUT2D eigenvalue weighted by molar-refractivity contribution is 5.94. The topological polar surface area (TPSA) is 145 Å². The van der Waals surface area contributed by atoms with E-state index in [1.54, 1.807) is 26.8 Å². The molecule has 37 heavy (non-hydrogen) atoms. The van der Waals surface area contributed by atoms with Crippen LogP contribution in [0.15, 0.2) is 41.2 Å². The number of benzene rings is 1. The van der Waals surface area contributed by atoms with Crippen LogP contribution < -0.4 is 21.9 Å². The van der Waals surface area contributed by atoms with Crippen LogP contribution in [0, 0.1) is 0 Å². The van der Waals surface area contributed by atoms with Crippen LogP contribution in [-0.4, -0.2) is 44.9 Å². The van der Waals surface area contributed by atoms with Gasteiger partial charge in [-0.05, 0) is 52.2 Å². The van der Waals surface area contributed by atoms with Crippen LogP contribution in [0.4, 0.5) is 4.79 Å². The zero-order chi connectivity index (χ0) is 27.2. The fraction of sp³-hybridized carbons (Fsp3) is 0.519. The number of carbonyl (C=O) groups excluding carboxylic acids is 3. The van der Waals surface area contributed by atoms with Crippen LogP contribution >= 0.6 is 0 Å². The number of alkyl carbamates (subject to hydrolysis) is 1. The Morgan fingerprint density at radius 2 is 1.73 bits per heavy atom. The first kappa shape index (κ1) is 27.9. The van der Waals surface area contributed by atoms with E-state index < -0.39 is 35.1 Å². The number of hydrogen-bond donors (Lipinski definition) is 3. The van der Waals surface area contributed by atoms with Crippen molar-refractivity contribution in [1.82, 2.24) is 20.4 Å². The number of nitrogens with two attached hydrogens (primary N) is 1. The molecule has 1 atom stereocenters. The third kappa shape index (κ3) is 7.41.